The molecule has 0 bridgehead atoms. The second-order valence-corrected chi connectivity index (χ2v) is 5.40. The highest BCUT2D eigenvalue weighted by Crippen LogP contribution is 2.20. The van der Waals surface area contributed by atoms with Crippen molar-refractivity contribution in [3.05, 3.63) is 28.7 Å². The standard InChI is InChI=1S/C13H15BrN2O3/c14-9-4-3-5-10(8-9)15-13(19)16-7-2-1-6-11(16)12(17)18/h3-5,8,11H,1-2,6-7H2,(H,15,19)(H,17,18). The Hall–Kier alpha value is -1.56. The van der Waals surface area contributed by atoms with Crippen molar-refractivity contribution < 1.29 is 14.7 Å². The molecule has 0 saturated carbocycles. The van der Waals surface area contributed by atoms with E-state index in [0.717, 1.165) is 17.3 Å². The van der Waals surface area contributed by atoms with E-state index in [1.165, 1.54) is 4.90 Å². The Kier molecular flexibility index (Phi) is 4.42. The Bertz CT molecular complexity index is 493. The van der Waals surface area contributed by atoms with Crippen molar-refractivity contribution >= 4 is 33.6 Å². The van der Waals surface area contributed by atoms with Gasteiger partial charge >= 0.3 is 12.0 Å². The van der Waals surface area contributed by atoms with E-state index in [1.54, 1.807) is 12.1 Å². The molecule has 6 heteroatoms. The Labute approximate surface area is 119 Å². The molecule has 19 heavy (non-hydrogen) atoms. The maximum Gasteiger partial charge on any atom is 0.326 e. The van der Waals surface area contributed by atoms with Gasteiger partial charge in [0.2, 0.25) is 0 Å². The molecule has 1 heterocycles. The molecule has 1 aliphatic heterocycles. The average molecular weight is 327 g/mol. The number of carbonyl (C=O) groups is 2. The Morgan fingerprint density at radius 1 is 1.37 bits per heavy atom. The van der Waals surface area contributed by atoms with Gasteiger partial charge in [-0.3, -0.25) is 0 Å². The van der Waals surface area contributed by atoms with Crippen LogP contribution in [0, 0.1) is 0 Å². The van der Waals surface area contributed by atoms with Crippen LogP contribution in [-0.2, 0) is 4.79 Å². The SMILES string of the molecule is O=C(O)C1CCCCN1C(=O)Nc1cccc(Br)c1. The number of amides is 2. The summed E-state index contributed by atoms with van der Waals surface area (Å²) in [7, 11) is 0. The van der Waals surface area contributed by atoms with E-state index < -0.39 is 12.0 Å². The number of aliphatic carboxylic acids is 1. The van der Waals surface area contributed by atoms with Gasteiger partial charge in [-0.2, -0.15) is 0 Å². The average Bonchev–Trinajstić information content (AvgIpc) is 2.38. The molecule has 1 atom stereocenters. The lowest BCUT2D eigenvalue weighted by Gasteiger charge is -2.32. The summed E-state index contributed by atoms with van der Waals surface area (Å²) in [6, 6.07) is 6.13. The van der Waals surface area contributed by atoms with Crippen molar-refractivity contribution in [1.82, 2.24) is 4.90 Å². The lowest BCUT2D eigenvalue weighted by atomic mass is 10.0. The van der Waals surface area contributed by atoms with Gasteiger partial charge in [-0.15, -0.1) is 0 Å². The van der Waals surface area contributed by atoms with E-state index in [2.05, 4.69) is 21.2 Å². The van der Waals surface area contributed by atoms with Gasteiger partial charge in [0.05, 0.1) is 0 Å². The lowest BCUT2D eigenvalue weighted by molar-refractivity contribution is -0.143. The quantitative estimate of drug-likeness (QED) is 0.877. The minimum Gasteiger partial charge on any atom is -0.480 e. The van der Waals surface area contributed by atoms with Crippen LogP contribution in [0.1, 0.15) is 19.3 Å². The molecular formula is C13H15BrN2O3. The van der Waals surface area contributed by atoms with Crippen molar-refractivity contribution in [2.75, 3.05) is 11.9 Å². The highest BCUT2D eigenvalue weighted by atomic mass is 79.9. The van der Waals surface area contributed by atoms with Crippen molar-refractivity contribution in [1.29, 1.82) is 0 Å². The van der Waals surface area contributed by atoms with Gasteiger partial charge in [0.15, 0.2) is 0 Å². The maximum atomic E-state index is 12.1. The fourth-order valence-electron chi connectivity index (χ4n) is 2.19. The van der Waals surface area contributed by atoms with Gasteiger partial charge in [-0.25, -0.2) is 9.59 Å². The van der Waals surface area contributed by atoms with E-state index in [1.807, 2.05) is 12.1 Å². The summed E-state index contributed by atoms with van der Waals surface area (Å²) >= 11 is 3.32. The third-order valence-electron chi connectivity index (χ3n) is 3.12. The molecular weight excluding hydrogens is 312 g/mol. The number of nitrogens with one attached hydrogen (secondary N) is 1. The molecule has 2 rings (SSSR count). The minimum atomic E-state index is -0.941. The molecule has 1 saturated heterocycles. The van der Waals surface area contributed by atoms with Crippen LogP contribution in [0.5, 0.6) is 0 Å². The van der Waals surface area contributed by atoms with Crippen LogP contribution < -0.4 is 5.32 Å². The number of carbonyl (C=O) groups excluding carboxylic acids is 1. The van der Waals surface area contributed by atoms with Crippen LogP contribution in [0.2, 0.25) is 0 Å². The number of carboxylic acid groups (broad SMARTS) is 1. The fourth-order valence-corrected chi connectivity index (χ4v) is 2.59. The van der Waals surface area contributed by atoms with Crippen LogP contribution in [0.4, 0.5) is 10.5 Å². The summed E-state index contributed by atoms with van der Waals surface area (Å²) in [5.74, 6) is -0.941. The molecule has 0 aromatic heterocycles. The number of hydrogen-bond acceptors (Lipinski definition) is 2. The van der Waals surface area contributed by atoms with Gasteiger partial charge < -0.3 is 15.3 Å². The number of benzene rings is 1. The minimum absolute atomic E-state index is 0.356. The first kappa shape index (κ1) is 13.9. The van der Waals surface area contributed by atoms with Crippen LogP contribution in [-0.4, -0.2) is 34.6 Å². The maximum absolute atomic E-state index is 12.1. The number of nitrogens with zero attached hydrogens (tertiary/aromatic N) is 1. The summed E-state index contributed by atoms with van der Waals surface area (Å²) < 4.78 is 0.860. The second kappa shape index (κ2) is 6.06. The molecule has 2 amide bonds. The Morgan fingerprint density at radius 2 is 2.16 bits per heavy atom. The van der Waals surface area contributed by atoms with Gasteiger partial charge in [0.25, 0.3) is 0 Å². The summed E-state index contributed by atoms with van der Waals surface area (Å²) in [4.78, 5) is 24.7. The van der Waals surface area contributed by atoms with Crippen LogP contribution in [0.3, 0.4) is 0 Å². The van der Waals surface area contributed by atoms with Crippen molar-refractivity contribution in [2.24, 2.45) is 0 Å². The highest BCUT2D eigenvalue weighted by molar-refractivity contribution is 9.10. The molecule has 1 unspecified atom stereocenters. The summed E-state index contributed by atoms with van der Waals surface area (Å²) in [6.07, 6.45) is 2.20. The zero-order chi connectivity index (χ0) is 13.8. The van der Waals surface area contributed by atoms with E-state index in [0.29, 0.717) is 18.7 Å². The van der Waals surface area contributed by atoms with E-state index in [-0.39, 0.29) is 6.03 Å². The molecule has 0 aliphatic carbocycles. The Morgan fingerprint density at radius 3 is 2.84 bits per heavy atom. The number of carboxylic acids is 1. The predicted molar refractivity (Wildman–Crippen MR) is 75.1 cm³/mol. The molecule has 0 spiro atoms. The third-order valence-corrected chi connectivity index (χ3v) is 3.62. The van der Waals surface area contributed by atoms with E-state index in [9.17, 15) is 9.59 Å². The number of rotatable bonds is 2. The molecule has 1 aromatic rings. The summed E-state index contributed by atoms with van der Waals surface area (Å²) in [6.45, 7) is 0.483. The predicted octanol–water partition coefficient (Wildman–Crippen LogP) is 2.92. The van der Waals surface area contributed by atoms with Gasteiger partial charge in [-0.05, 0) is 37.5 Å². The molecule has 0 radical (unpaired) electrons. The van der Waals surface area contributed by atoms with Gasteiger partial charge in [-0.1, -0.05) is 22.0 Å². The first-order valence-electron chi connectivity index (χ1n) is 6.14. The van der Waals surface area contributed by atoms with Crippen molar-refractivity contribution in [2.45, 2.75) is 25.3 Å². The van der Waals surface area contributed by atoms with Crippen LogP contribution >= 0.6 is 15.9 Å². The molecule has 1 fully saturated rings. The first-order valence-corrected chi connectivity index (χ1v) is 6.93. The summed E-state index contributed by atoms with van der Waals surface area (Å²) in [5.41, 5.74) is 0.647. The van der Waals surface area contributed by atoms with Gasteiger partial charge in [0, 0.05) is 16.7 Å². The number of piperidine rings is 1. The Balaban J connectivity index is 2.07. The van der Waals surface area contributed by atoms with Crippen LogP contribution in [0.15, 0.2) is 28.7 Å². The second-order valence-electron chi connectivity index (χ2n) is 4.48. The molecule has 1 aromatic carbocycles. The zero-order valence-electron chi connectivity index (χ0n) is 10.3. The topological polar surface area (TPSA) is 69.6 Å². The van der Waals surface area contributed by atoms with E-state index >= 15 is 0 Å². The van der Waals surface area contributed by atoms with Crippen molar-refractivity contribution in [3.8, 4) is 0 Å². The largest absolute Gasteiger partial charge is 0.480 e. The normalized spacial score (nSPS) is 19.0. The number of halogens is 1. The summed E-state index contributed by atoms with van der Waals surface area (Å²) in [5, 5.41) is 11.9. The van der Waals surface area contributed by atoms with Gasteiger partial charge in [0.1, 0.15) is 6.04 Å². The van der Waals surface area contributed by atoms with E-state index in [4.69, 9.17) is 5.11 Å². The molecule has 1 aliphatic rings. The lowest BCUT2D eigenvalue weighted by Crippen LogP contribution is -2.49. The number of likely N-dealkylation sites (tertiary alicyclic amines) is 1. The monoisotopic (exact) mass is 326 g/mol. The molecule has 5 nitrogen and oxygen atoms in total. The third kappa shape index (κ3) is 3.47. The number of anilines is 1. The molecule has 102 valence electrons. The first-order chi connectivity index (χ1) is 9.08. The zero-order valence-corrected chi connectivity index (χ0v) is 11.9. The smallest absolute Gasteiger partial charge is 0.326 e. The highest BCUT2D eigenvalue weighted by Gasteiger charge is 2.31. The fraction of sp³-hybridized carbons (Fsp3) is 0.385. The van der Waals surface area contributed by atoms with Crippen LogP contribution in [0.25, 0.3) is 0 Å². The number of urea groups is 1. The number of hydrogen-bond donors (Lipinski definition) is 2. The molecule has 2 N–H and O–H groups in total. The van der Waals surface area contributed by atoms with Crippen molar-refractivity contribution in [3.63, 3.8) is 0 Å².